The van der Waals surface area contributed by atoms with E-state index in [1.165, 1.54) is 0 Å². The highest BCUT2D eigenvalue weighted by molar-refractivity contribution is 5.63. The normalized spacial score (nSPS) is 15.0. The van der Waals surface area contributed by atoms with Gasteiger partial charge in [0.05, 0.1) is 1.37 Å². The summed E-state index contributed by atoms with van der Waals surface area (Å²) in [5.41, 5.74) is 0. The summed E-state index contributed by atoms with van der Waals surface area (Å²) < 4.78 is 12.3. The summed E-state index contributed by atoms with van der Waals surface area (Å²) in [6, 6.07) is 0. The maximum atomic E-state index is 9.50. The number of aldehydes is 1. The molecule has 0 aromatic heterocycles. The van der Waals surface area contributed by atoms with Crippen LogP contribution in [0.2, 0.25) is 0 Å². The molecule has 0 aliphatic heterocycles. The molecule has 0 atom stereocenters. The van der Waals surface area contributed by atoms with Crippen molar-refractivity contribution >= 4 is 6.26 Å². The Hall–Kier alpha value is -0.590. The van der Waals surface area contributed by atoms with Gasteiger partial charge in [-0.15, -0.1) is 0 Å². The van der Waals surface area contributed by atoms with E-state index in [9.17, 15) is 4.79 Å². The monoisotopic (exact) mass is 58.0 g/mol. The molecular weight excluding hydrogens is 52.0 g/mol. The molecule has 0 radical (unpaired) electrons. The zero-order valence-corrected chi connectivity index (χ0v) is 2.06. The standard InChI is InChI=1S/C3H4O/c1-2-3-4/h2-3H,1H2/i1D,3D. The summed E-state index contributed by atoms with van der Waals surface area (Å²) in [6.07, 6.45) is 0.0324. The van der Waals surface area contributed by atoms with E-state index in [-0.39, 0.29) is 0 Å². The van der Waals surface area contributed by atoms with E-state index in [1.54, 1.807) is 0 Å². The second-order valence-electron chi connectivity index (χ2n) is 0.285. The molecule has 0 aliphatic rings. The van der Waals surface area contributed by atoms with Crippen LogP contribution in [-0.2, 0) is 4.79 Å². The molecule has 0 amide bonds. The third kappa shape index (κ3) is 1.41. The maximum absolute atomic E-state index is 9.50. The van der Waals surface area contributed by atoms with Gasteiger partial charge in [0.2, 0.25) is 0 Å². The molecule has 22 valence electrons. The zero-order chi connectivity index (χ0) is 4.99. The molecule has 0 aromatic carbocycles. The van der Waals surface area contributed by atoms with Crippen LogP contribution >= 0.6 is 0 Å². The second kappa shape index (κ2) is 2.41. The van der Waals surface area contributed by atoms with E-state index in [4.69, 9.17) is 2.74 Å². The van der Waals surface area contributed by atoms with Gasteiger partial charge in [-0.3, -0.25) is 4.79 Å². The smallest absolute Gasteiger partial charge is 0.142 e. The van der Waals surface area contributed by atoms with E-state index in [1.807, 2.05) is 0 Å². The third-order valence-electron chi connectivity index (χ3n) is 0.0680. The quantitative estimate of drug-likeness (QED) is 0.314. The largest absolute Gasteiger partial charge is 0.299 e. The highest BCUT2D eigenvalue weighted by Crippen LogP contribution is 1.35. The molecule has 0 rings (SSSR count). The Bertz CT molecular complexity index is 76.9. The fourth-order valence-corrected chi connectivity index (χ4v) is 0. The first-order valence-corrected chi connectivity index (χ1v) is 0.826. The van der Waals surface area contributed by atoms with Gasteiger partial charge in [0.25, 0.3) is 0 Å². The van der Waals surface area contributed by atoms with Crippen LogP contribution < -0.4 is 0 Å². The summed E-state index contributed by atoms with van der Waals surface area (Å²) in [6.45, 7) is 0.787. The Morgan fingerprint density at radius 2 is 3.25 bits per heavy atom. The lowest BCUT2D eigenvalue weighted by atomic mass is 10.8. The molecule has 0 saturated heterocycles. The van der Waals surface area contributed by atoms with E-state index in [0.29, 0.717) is 0 Å². The summed E-state index contributed by atoms with van der Waals surface area (Å²) in [5.74, 6) is 0. The molecule has 0 spiro atoms. The average molecular weight is 58.1 g/mol. The SMILES string of the molecule is [2H]C=CC([2H])=O. The van der Waals surface area contributed by atoms with Gasteiger partial charge in [0.1, 0.15) is 7.63 Å². The topological polar surface area (TPSA) is 17.1 Å². The third-order valence-corrected chi connectivity index (χ3v) is 0.0680. The van der Waals surface area contributed by atoms with Crippen molar-refractivity contribution in [3.05, 3.63) is 12.6 Å². The van der Waals surface area contributed by atoms with E-state index < -0.39 is 6.26 Å². The van der Waals surface area contributed by atoms with Gasteiger partial charge >= 0.3 is 0 Å². The maximum Gasteiger partial charge on any atom is 0.142 e. The molecule has 0 heterocycles. The molecule has 1 heteroatoms. The van der Waals surface area contributed by atoms with Crippen molar-refractivity contribution in [2.75, 3.05) is 0 Å². The van der Waals surface area contributed by atoms with Crippen LogP contribution in [0, 0.1) is 0 Å². The Kier molecular flexibility index (Phi) is 0.614. The van der Waals surface area contributed by atoms with Crippen molar-refractivity contribution in [2.24, 2.45) is 0 Å². The van der Waals surface area contributed by atoms with Crippen LogP contribution in [0.25, 0.3) is 0 Å². The fraction of sp³-hybridized carbons (Fsp3) is 0. The van der Waals surface area contributed by atoms with Gasteiger partial charge in [-0.1, -0.05) is 6.55 Å². The lowest BCUT2D eigenvalue weighted by Gasteiger charge is -1.37. The first-order valence-electron chi connectivity index (χ1n) is 1.90. The summed E-state index contributed by atoms with van der Waals surface area (Å²) in [7, 11) is 0. The number of carbonyl (C=O) groups is 1. The summed E-state index contributed by atoms with van der Waals surface area (Å²) in [5, 5.41) is 0. The number of allylic oxidation sites excluding steroid dienone is 1. The van der Waals surface area contributed by atoms with Crippen LogP contribution in [-0.4, -0.2) is 6.26 Å². The fourth-order valence-electron chi connectivity index (χ4n) is 0. The molecule has 0 N–H and O–H groups in total. The molecule has 0 aliphatic carbocycles. The van der Waals surface area contributed by atoms with E-state index in [2.05, 4.69) is 0 Å². The molecule has 1 nitrogen and oxygen atoms in total. The van der Waals surface area contributed by atoms with Gasteiger partial charge in [-0.25, -0.2) is 0 Å². The molecule has 0 saturated carbocycles. The van der Waals surface area contributed by atoms with Gasteiger partial charge in [-0.05, 0) is 6.08 Å². The minimum absolute atomic E-state index is 0.787. The summed E-state index contributed by atoms with van der Waals surface area (Å²) in [4.78, 5) is 9.50. The van der Waals surface area contributed by atoms with Crippen molar-refractivity contribution in [3.8, 4) is 0 Å². The van der Waals surface area contributed by atoms with Crippen LogP contribution in [0.3, 0.4) is 0 Å². The van der Waals surface area contributed by atoms with Crippen LogP contribution in [0.5, 0.6) is 0 Å². The minimum Gasteiger partial charge on any atom is -0.299 e. The molecule has 0 aromatic rings. The van der Waals surface area contributed by atoms with Crippen molar-refractivity contribution in [1.29, 1.82) is 0 Å². The van der Waals surface area contributed by atoms with Crippen LogP contribution in [0.4, 0.5) is 0 Å². The zero-order valence-electron chi connectivity index (χ0n) is 4.06. The molecule has 0 fully saturated rings. The van der Waals surface area contributed by atoms with Crippen molar-refractivity contribution in [3.63, 3.8) is 0 Å². The first-order chi connectivity index (χ1) is 2.77. The molecule has 0 unspecified atom stereocenters. The number of hydrogen-bond donors (Lipinski definition) is 0. The number of carbonyl (C=O) groups excluding carboxylic acids is 1. The summed E-state index contributed by atoms with van der Waals surface area (Å²) >= 11 is 0. The van der Waals surface area contributed by atoms with Gasteiger partial charge in [0, 0.05) is 0 Å². The highest BCUT2D eigenvalue weighted by atomic mass is 16.1. The van der Waals surface area contributed by atoms with Crippen molar-refractivity contribution < 1.29 is 7.54 Å². The van der Waals surface area contributed by atoms with E-state index in [0.717, 1.165) is 12.6 Å². The number of hydrogen-bond acceptors (Lipinski definition) is 1. The predicted molar refractivity (Wildman–Crippen MR) is 16.3 cm³/mol. The Labute approximate surface area is 27.8 Å². The van der Waals surface area contributed by atoms with E-state index >= 15 is 0 Å². The molecule has 0 bridgehead atoms. The Balaban J connectivity index is 3.30. The van der Waals surface area contributed by atoms with Crippen LogP contribution in [0.1, 0.15) is 2.74 Å². The average Bonchev–Trinajstić information content (AvgIpc) is 1.35. The van der Waals surface area contributed by atoms with Gasteiger partial charge in [-0.2, -0.15) is 0 Å². The van der Waals surface area contributed by atoms with Crippen molar-refractivity contribution in [1.82, 2.24) is 0 Å². The Morgan fingerprint density at radius 1 is 2.50 bits per heavy atom. The number of rotatable bonds is 1. The van der Waals surface area contributed by atoms with Crippen LogP contribution in [0.15, 0.2) is 12.6 Å². The first kappa shape index (κ1) is 1.02. The Morgan fingerprint density at radius 3 is 3.25 bits per heavy atom. The highest BCUT2D eigenvalue weighted by Gasteiger charge is 1.38. The predicted octanol–water partition coefficient (Wildman–Crippen LogP) is 0.371. The molecular formula is C3H4O. The molecule has 4 heavy (non-hydrogen) atoms. The lowest BCUT2D eigenvalue weighted by molar-refractivity contribution is -0.104. The van der Waals surface area contributed by atoms with Crippen molar-refractivity contribution in [2.45, 2.75) is 0 Å². The van der Waals surface area contributed by atoms with Gasteiger partial charge in [0.15, 0.2) is 0 Å². The minimum atomic E-state index is -0.829. The lowest BCUT2D eigenvalue weighted by Crippen LogP contribution is -1.44. The van der Waals surface area contributed by atoms with Gasteiger partial charge < -0.3 is 0 Å². The second-order valence-corrected chi connectivity index (χ2v) is 0.285.